The SMILES string of the molecule is C=C/C=C\C(=C(/C=C)CCN)[N+](=O)[O-]. The molecule has 4 heteroatoms. The summed E-state index contributed by atoms with van der Waals surface area (Å²) in [5, 5.41) is 10.7. The van der Waals surface area contributed by atoms with Gasteiger partial charge in [-0.2, -0.15) is 0 Å². The van der Waals surface area contributed by atoms with Crippen molar-refractivity contribution < 1.29 is 4.92 Å². The van der Waals surface area contributed by atoms with Gasteiger partial charge in [0.1, 0.15) is 0 Å². The number of nitro groups is 1. The van der Waals surface area contributed by atoms with Gasteiger partial charge in [-0.25, -0.2) is 0 Å². The van der Waals surface area contributed by atoms with E-state index in [2.05, 4.69) is 13.2 Å². The molecule has 4 nitrogen and oxygen atoms in total. The van der Waals surface area contributed by atoms with Crippen LogP contribution in [-0.2, 0) is 0 Å². The summed E-state index contributed by atoms with van der Waals surface area (Å²) in [7, 11) is 0. The molecule has 76 valence electrons. The summed E-state index contributed by atoms with van der Waals surface area (Å²) in [6.07, 6.45) is 6.28. The van der Waals surface area contributed by atoms with E-state index in [0.717, 1.165) is 0 Å². The standard InChI is InChI=1S/C10H14N2O2/c1-3-5-6-10(12(13)14)9(4-2)7-8-11/h3-6H,1-2,7-8,11H2/b6-5-,10-9-. The van der Waals surface area contributed by atoms with E-state index in [0.29, 0.717) is 18.5 Å². The lowest BCUT2D eigenvalue weighted by molar-refractivity contribution is -0.420. The van der Waals surface area contributed by atoms with Crippen LogP contribution in [0.5, 0.6) is 0 Å². The Kier molecular flexibility index (Phi) is 5.98. The van der Waals surface area contributed by atoms with E-state index < -0.39 is 4.92 Å². The highest BCUT2D eigenvalue weighted by atomic mass is 16.6. The molecule has 0 aromatic rings. The summed E-state index contributed by atoms with van der Waals surface area (Å²) in [5.41, 5.74) is 5.88. The van der Waals surface area contributed by atoms with Crippen LogP contribution in [0.15, 0.2) is 48.7 Å². The summed E-state index contributed by atoms with van der Waals surface area (Å²) in [5.74, 6) is 0. The monoisotopic (exact) mass is 194 g/mol. The first-order valence-corrected chi connectivity index (χ1v) is 4.16. The van der Waals surface area contributed by atoms with E-state index in [1.165, 1.54) is 24.3 Å². The van der Waals surface area contributed by atoms with Crippen LogP contribution >= 0.6 is 0 Å². The smallest absolute Gasteiger partial charge is 0.272 e. The van der Waals surface area contributed by atoms with Crippen LogP contribution in [0.4, 0.5) is 0 Å². The molecule has 0 rings (SSSR count). The first-order chi connectivity index (χ1) is 6.67. The van der Waals surface area contributed by atoms with Gasteiger partial charge >= 0.3 is 0 Å². The van der Waals surface area contributed by atoms with Crippen LogP contribution in [0.2, 0.25) is 0 Å². The van der Waals surface area contributed by atoms with Crippen molar-refractivity contribution in [2.75, 3.05) is 6.54 Å². The van der Waals surface area contributed by atoms with Gasteiger partial charge in [0.2, 0.25) is 0 Å². The molecule has 0 bridgehead atoms. The summed E-state index contributed by atoms with van der Waals surface area (Å²) < 4.78 is 0. The lowest BCUT2D eigenvalue weighted by atomic mass is 10.1. The Morgan fingerprint density at radius 1 is 1.50 bits per heavy atom. The lowest BCUT2D eigenvalue weighted by Gasteiger charge is -1.99. The van der Waals surface area contributed by atoms with Crippen molar-refractivity contribution in [1.29, 1.82) is 0 Å². The van der Waals surface area contributed by atoms with Crippen molar-refractivity contribution in [1.82, 2.24) is 0 Å². The molecular formula is C10H14N2O2. The molecule has 0 aromatic heterocycles. The molecule has 0 spiro atoms. The predicted octanol–water partition coefficient (Wildman–Crippen LogP) is 1.79. The average Bonchev–Trinajstić information content (AvgIpc) is 2.16. The van der Waals surface area contributed by atoms with Crippen molar-refractivity contribution in [3.63, 3.8) is 0 Å². The maximum atomic E-state index is 10.7. The van der Waals surface area contributed by atoms with E-state index in [1.807, 2.05) is 0 Å². The fourth-order valence-corrected chi connectivity index (χ4v) is 0.935. The second-order valence-electron chi connectivity index (χ2n) is 2.51. The van der Waals surface area contributed by atoms with Crippen molar-refractivity contribution >= 4 is 0 Å². The third-order valence-corrected chi connectivity index (χ3v) is 1.58. The van der Waals surface area contributed by atoms with Gasteiger partial charge in [-0.3, -0.25) is 10.1 Å². The fraction of sp³-hybridized carbons (Fsp3) is 0.200. The number of rotatable bonds is 6. The first-order valence-electron chi connectivity index (χ1n) is 4.16. The van der Waals surface area contributed by atoms with Crippen LogP contribution in [0.3, 0.4) is 0 Å². The highest BCUT2D eigenvalue weighted by Gasteiger charge is 2.11. The maximum absolute atomic E-state index is 10.7. The second kappa shape index (κ2) is 6.80. The van der Waals surface area contributed by atoms with Crippen LogP contribution in [0.25, 0.3) is 0 Å². The van der Waals surface area contributed by atoms with Crippen molar-refractivity contribution in [2.24, 2.45) is 5.73 Å². The molecule has 0 atom stereocenters. The molecule has 0 saturated heterocycles. The molecule has 0 amide bonds. The van der Waals surface area contributed by atoms with Crippen molar-refractivity contribution in [3.05, 3.63) is 58.8 Å². The molecule has 14 heavy (non-hydrogen) atoms. The number of nitrogens with zero attached hydrogens (tertiary/aromatic N) is 1. The highest BCUT2D eigenvalue weighted by Crippen LogP contribution is 2.11. The quantitative estimate of drug-likeness (QED) is 0.398. The van der Waals surface area contributed by atoms with Crippen molar-refractivity contribution in [3.8, 4) is 0 Å². The van der Waals surface area contributed by atoms with Gasteiger partial charge < -0.3 is 5.73 Å². The van der Waals surface area contributed by atoms with E-state index in [9.17, 15) is 10.1 Å². The Bertz CT molecular complexity index is 290. The number of nitrogens with two attached hydrogens (primary N) is 1. The molecule has 0 saturated carbocycles. The topological polar surface area (TPSA) is 69.2 Å². The van der Waals surface area contributed by atoms with Gasteiger partial charge in [-0.05, 0) is 13.0 Å². The molecular weight excluding hydrogens is 180 g/mol. The van der Waals surface area contributed by atoms with E-state index in [4.69, 9.17) is 5.73 Å². The number of hydrogen-bond donors (Lipinski definition) is 1. The zero-order valence-corrected chi connectivity index (χ0v) is 7.98. The maximum Gasteiger partial charge on any atom is 0.272 e. The largest absolute Gasteiger partial charge is 0.330 e. The minimum atomic E-state index is -0.452. The minimum absolute atomic E-state index is 0.0188. The van der Waals surface area contributed by atoms with E-state index in [-0.39, 0.29) is 5.70 Å². The Balaban J connectivity index is 5.07. The molecule has 0 unspecified atom stereocenters. The number of hydrogen-bond acceptors (Lipinski definition) is 3. The Hall–Kier alpha value is -1.68. The van der Waals surface area contributed by atoms with Crippen LogP contribution in [0, 0.1) is 10.1 Å². The van der Waals surface area contributed by atoms with Gasteiger partial charge in [0, 0.05) is 11.6 Å². The van der Waals surface area contributed by atoms with Gasteiger partial charge in [0.05, 0.1) is 4.92 Å². The Morgan fingerprint density at radius 3 is 2.50 bits per heavy atom. The van der Waals surface area contributed by atoms with Gasteiger partial charge in [0.15, 0.2) is 0 Å². The average molecular weight is 194 g/mol. The Labute approximate surface area is 83.3 Å². The normalized spacial score (nSPS) is 12.4. The molecule has 0 aliphatic rings. The van der Waals surface area contributed by atoms with Gasteiger partial charge in [0.25, 0.3) is 5.70 Å². The molecule has 0 fully saturated rings. The summed E-state index contributed by atoms with van der Waals surface area (Å²) in [4.78, 5) is 10.2. The Morgan fingerprint density at radius 2 is 2.14 bits per heavy atom. The zero-order chi connectivity index (χ0) is 11.0. The second-order valence-corrected chi connectivity index (χ2v) is 2.51. The molecule has 0 aromatic carbocycles. The van der Waals surface area contributed by atoms with Crippen molar-refractivity contribution in [2.45, 2.75) is 6.42 Å². The number of allylic oxidation sites excluding steroid dienone is 4. The molecule has 2 N–H and O–H groups in total. The molecule has 0 heterocycles. The lowest BCUT2D eigenvalue weighted by Crippen LogP contribution is -2.05. The predicted molar refractivity (Wildman–Crippen MR) is 57.2 cm³/mol. The zero-order valence-electron chi connectivity index (χ0n) is 7.98. The van der Waals surface area contributed by atoms with E-state index in [1.54, 1.807) is 0 Å². The van der Waals surface area contributed by atoms with Gasteiger partial charge in [-0.15, -0.1) is 0 Å². The summed E-state index contributed by atoms with van der Waals surface area (Å²) in [6, 6.07) is 0. The molecule has 0 radical (unpaired) electrons. The third-order valence-electron chi connectivity index (χ3n) is 1.58. The summed E-state index contributed by atoms with van der Waals surface area (Å²) >= 11 is 0. The van der Waals surface area contributed by atoms with Crippen LogP contribution in [-0.4, -0.2) is 11.5 Å². The highest BCUT2D eigenvalue weighted by molar-refractivity contribution is 5.28. The fourth-order valence-electron chi connectivity index (χ4n) is 0.935. The third kappa shape index (κ3) is 3.82. The molecule has 0 aliphatic carbocycles. The van der Waals surface area contributed by atoms with Crippen LogP contribution < -0.4 is 5.73 Å². The van der Waals surface area contributed by atoms with Crippen LogP contribution in [0.1, 0.15) is 6.42 Å². The first kappa shape index (κ1) is 12.3. The van der Waals surface area contributed by atoms with Gasteiger partial charge in [-0.1, -0.05) is 31.4 Å². The molecule has 0 aliphatic heterocycles. The van der Waals surface area contributed by atoms with E-state index >= 15 is 0 Å². The minimum Gasteiger partial charge on any atom is -0.330 e. The summed E-state index contributed by atoms with van der Waals surface area (Å²) in [6.45, 7) is 7.32.